The maximum atomic E-state index is 13.3. The van der Waals surface area contributed by atoms with E-state index in [1.165, 1.54) is 31.0 Å². The predicted molar refractivity (Wildman–Crippen MR) is 99.2 cm³/mol. The number of hydrogen-bond acceptors (Lipinski definition) is 3. The quantitative estimate of drug-likeness (QED) is 0.780. The standard InChI is InChI=1S/C20H23FN2O4/c1-13(19(24)25)12-23(2)20(26)22-18(14-4-8-16(21)9-5-14)15-6-10-17(27-3)11-7-15/h4-11,13,18H,12H2,1-3H3,(H,22,26)(H,24,25). The van der Waals surface area contributed by atoms with Crippen molar-refractivity contribution in [1.29, 1.82) is 0 Å². The van der Waals surface area contributed by atoms with Crippen LogP contribution in [0.3, 0.4) is 0 Å². The first-order chi connectivity index (χ1) is 12.8. The Labute approximate surface area is 157 Å². The molecule has 0 heterocycles. The second-order valence-electron chi connectivity index (χ2n) is 6.33. The number of carboxylic acids is 1. The van der Waals surface area contributed by atoms with Crippen LogP contribution in [-0.2, 0) is 4.79 Å². The maximum absolute atomic E-state index is 13.3. The topological polar surface area (TPSA) is 78.9 Å². The first-order valence-electron chi connectivity index (χ1n) is 8.45. The molecule has 144 valence electrons. The molecular formula is C20H23FN2O4. The summed E-state index contributed by atoms with van der Waals surface area (Å²) in [4.78, 5) is 24.9. The zero-order valence-corrected chi connectivity index (χ0v) is 15.5. The minimum absolute atomic E-state index is 0.0694. The van der Waals surface area contributed by atoms with Crippen molar-refractivity contribution in [3.8, 4) is 5.75 Å². The molecule has 0 aliphatic carbocycles. The number of nitrogens with one attached hydrogen (secondary N) is 1. The summed E-state index contributed by atoms with van der Waals surface area (Å²) in [7, 11) is 3.09. The molecule has 2 rings (SSSR count). The van der Waals surface area contributed by atoms with Crippen molar-refractivity contribution in [3.63, 3.8) is 0 Å². The van der Waals surface area contributed by atoms with E-state index in [9.17, 15) is 14.0 Å². The number of methoxy groups -OCH3 is 1. The Hall–Kier alpha value is -3.09. The summed E-state index contributed by atoms with van der Waals surface area (Å²) >= 11 is 0. The molecule has 0 radical (unpaired) electrons. The van der Waals surface area contributed by atoms with Crippen LogP contribution in [0.25, 0.3) is 0 Å². The first kappa shape index (κ1) is 20.2. The fourth-order valence-electron chi connectivity index (χ4n) is 2.62. The molecule has 2 aromatic carbocycles. The minimum atomic E-state index is -0.972. The van der Waals surface area contributed by atoms with Crippen LogP contribution >= 0.6 is 0 Å². The zero-order chi connectivity index (χ0) is 20.0. The normalized spacial score (nSPS) is 12.7. The predicted octanol–water partition coefficient (Wildman–Crippen LogP) is 3.29. The Bertz CT molecular complexity index is 778. The van der Waals surface area contributed by atoms with Crippen molar-refractivity contribution in [2.24, 2.45) is 5.92 Å². The van der Waals surface area contributed by atoms with Crippen molar-refractivity contribution in [3.05, 3.63) is 65.5 Å². The highest BCUT2D eigenvalue weighted by molar-refractivity contribution is 5.76. The van der Waals surface area contributed by atoms with E-state index in [4.69, 9.17) is 9.84 Å². The SMILES string of the molecule is COc1ccc(C(NC(=O)N(C)CC(C)C(=O)O)c2ccc(F)cc2)cc1. The van der Waals surface area contributed by atoms with Gasteiger partial charge in [-0.2, -0.15) is 0 Å². The Balaban J connectivity index is 2.25. The van der Waals surface area contributed by atoms with Crippen LogP contribution < -0.4 is 10.1 Å². The summed E-state index contributed by atoms with van der Waals surface area (Å²) in [5.74, 6) is -1.35. The molecule has 27 heavy (non-hydrogen) atoms. The van der Waals surface area contributed by atoms with Crippen LogP contribution in [0.5, 0.6) is 5.75 Å². The van der Waals surface area contributed by atoms with Gasteiger partial charge in [-0.15, -0.1) is 0 Å². The number of ether oxygens (including phenoxy) is 1. The third-order valence-corrected chi connectivity index (χ3v) is 4.24. The number of rotatable bonds is 7. The number of halogens is 1. The van der Waals surface area contributed by atoms with Gasteiger partial charge in [0.15, 0.2) is 0 Å². The number of hydrogen-bond donors (Lipinski definition) is 2. The molecule has 0 aliphatic heterocycles. The highest BCUT2D eigenvalue weighted by Gasteiger charge is 2.22. The zero-order valence-electron chi connectivity index (χ0n) is 15.5. The summed E-state index contributed by atoms with van der Waals surface area (Å²) in [5, 5.41) is 11.9. The molecule has 2 aromatic rings. The number of urea groups is 1. The minimum Gasteiger partial charge on any atom is -0.497 e. The third-order valence-electron chi connectivity index (χ3n) is 4.24. The summed E-state index contributed by atoms with van der Waals surface area (Å²) in [6.45, 7) is 1.60. The van der Waals surface area contributed by atoms with E-state index in [1.54, 1.807) is 31.4 Å². The van der Waals surface area contributed by atoms with Crippen molar-refractivity contribution < 1.29 is 23.8 Å². The molecular weight excluding hydrogens is 351 g/mol. The van der Waals surface area contributed by atoms with E-state index in [0.29, 0.717) is 11.3 Å². The Morgan fingerprint density at radius 3 is 2.11 bits per heavy atom. The number of nitrogens with zero attached hydrogens (tertiary/aromatic N) is 1. The van der Waals surface area contributed by atoms with E-state index in [0.717, 1.165) is 5.56 Å². The summed E-state index contributed by atoms with van der Waals surface area (Å²) in [6, 6.07) is 12.1. The van der Waals surface area contributed by atoms with Crippen LogP contribution in [-0.4, -0.2) is 42.7 Å². The summed E-state index contributed by atoms with van der Waals surface area (Å²) < 4.78 is 18.4. The molecule has 7 heteroatoms. The van der Waals surface area contributed by atoms with E-state index < -0.39 is 24.0 Å². The average molecular weight is 374 g/mol. The van der Waals surface area contributed by atoms with Gasteiger partial charge in [0, 0.05) is 13.6 Å². The van der Waals surface area contributed by atoms with Crippen LogP contribution in [0, 0.1) is 11.7 Å². The lowest BCUT2D eigenvalue weighted by Crippen LogP contribution is -2.42. The highest BCUT2D eigenvalue weighted by Crippen LogP contribution is 2.25. The van der Waals surface area contributed by atoms with Crippen LogP contribution in [0.1, 0.15) is 24.1 Å². The fourth-order valence-corrected chi connectivity index (χ4v) is 2.62. The van der Waals surface area contributed by atoms with Gasteiger partial charge in [-0.1, -0.05) is 31.2 Å². The van der Waals surface area contributed by atoms with Crippen LogP contribution in [0.15, 0.2) is 48.5 Å². The van der Waals surface area contributed by atoms with Crippen molar-refractivity contribution in [2.45, 2.75) is 13.0 Å². The van der Waals surface area contributed by atoms with Gasteiger partial charge in [0.05, 0.1) is 19.1 Å². The Morgan fingerprint density at radius 2 is 1.63 bits per heavy atom. The van der Waals surface area contributed by atoms with Crippen molar-refractivity contribution in [1.82, 2.24) is 10.2 Å². The molecule has 6 nitrogen and oxygen atoms in total. The Morgan fingerprint density at radius 1 is 1.11 bits per heavy atom. The fraction of sp³-hybridized carbons (Fsp3) is 0.300. The highest BCUT2D eigenvalue weighted by atomic mass is 19.1. The van der Waals surface area contributed by atoms with Gasteiger partial charge in [-0.25, -0.2) is 9.18 Å². The molecule has 0 bridgehead atoms. The number of aliphatic carboxylic acids is 1. The second-order valence-corrected chi connectivity index (χ2v) is 6.33. The average Bonchev–Trinajstić information content (AvgIpc) is 2.66. The molecule has 2 atom stereocenters. The molecule has 0 aliphatic rings. The molecule has 2 N–H and O–H groups in total. The van der Waals surface area contributed by atoms with E-state index in [2.05, 4.69) is 5.32 Å². The summed E-state index contributed by atoms with van der Waals surface area (Å²) in [6.07, 6.45) is 0. The van der Waals surface area contributed by atoms with Gasteiger partial charge in [0.25, 0.3) is 0 Å². The first-order valence-corrected chi connectivity index (χ1v) is 8.45. The molecule has 0 saturated carbocycles. The van der Waals surface area contributed by atoms with Gasteiger partial charge in [0.1, 0.15) is 11.6 Å². The molecule has 2 amide bonds. The van der Waals surface area contributed by atoms with E-state index in [1.807, 2.05) is 12.1 Å². The number of carbonyl (C=O) groups is 2. The van der Waals surface area contributed by atoms with Gasteiger partial charge in [0.2, 0.25) is 0 Å². The van der Waals surface area contributed by atoms with E-state index >= 15 is 0 Å². The largest absolute Gasteiger partial charge is 0.497 e. The van der Waals surface area contributed by atoms with Gasteiger partial charge in [-0.05, 0) is 35.4 Å². The van der Waals surface area contributed by atoms with Gasteiger partial charge in [-0.3, -0.25) is 4.79 Å². The smallest absolute Gasteiger partial charge is 0.317 e. The number of amides is 2. The molecule has 2 unspecified atom stereocenters. The van der Waals surface area contributed by atoms with E-state index in [-0.39, 0.29) is 12.4 Å². The molecule has 0 aromatic heterocycles. The lowest BCUT2D eigenvalue weighted by atomic mass is 9.98. The maximum Gasteiger partial charge on any atom is 0.317 e. The number of carbonyl (C=O) groups excluding carboxylic acids is 1. The van der Waals surface area contributed by atoms with Crippen molar-refractivity contribution in [2.75, 3.05) is 20.7 Å². The number of benzene rings is 2. The summed E-state index contributed by atoms with van der Waals surface area (Å²) in [5.41, 5.74) is 1.49. The second kappa shape index (κ2) is 9.02. The lowest BCUT2D eigenvalue weighted by molar-refractivity contribution is -0.141. The Kier molecular flexibility index (Phi) is 6.76. The van der Waals surface area contributed by atoms with Crippen LogP contribution in [0.4, 0.5) is 9.18 Å². The van der Waals surface area contributed by atoms with Crippen molar-refractivity contribution >= 4 is 12.0 Å². The number of carboxylic acid groups (broad SMARTS) is 1. The third kappa shape index (κ3) is 5.44. The molecule has 0 fully saturated rings. The van der Waals surface area contributed by atoms with Crippen LogP contribution in [0.2, 0.25) is 0 Å². The van der Waals surface area contributed by atoms with Gasteiger partial charge < -0.3 is 20.1 Å². The molecule has 0 saturated heterocycles. The van der Waals surface area contributed by atoms with Gasteiger partial charge >= 0.3 is 12.0 Å². The monoisotopic (exact) mass is 374 g/mol. The lowest BCUT2D eigenvalue weighted by Gasteiger charge is -2.25. The molecule has 0 spiro atoms.